The molecule has 0 aliphatic rings. The Balaban J connectivity index is 2.54. The van der Waals surface area contributed by atoms with Crippen molar-refractivity contribution in [3.05, 3.63) is 23.8 Å². The van der Waals surface area contributed by atoms with Crippen molar-refractivity contribution < 1.29 is 14.3 Å². The smallest absolute Gasteiger partial charge is 0.340 e. The summed E-state index contributed by atoms with van der Waals surface area (Å²) in [6.45, 7) is 4.25. The second-order valence-electron chi connectivity index (χ2n) is 4.15. The normalized spacial score (nSPS) is 10.2. The van der Waals surface area contributed by atoms with E-state index in [2.05, 4.69) is 12.2 Å². The maximum absolute atomic E-state index is 11.6. The highest BCUT2D eigenvalue weighted by atomic mass is 16.5. The van der Waals surface area contributed by atoms with Gasteiger partial charge in [-0.1, -0.05) is 13.0 Å². The van der Waals surface area contributed by atoms with Crippen LogP contribution in [0.5, 0.6) is 0 Å². The van der Waals surface area contributed by atoms with Crippen LogP contribution < -0.4 is 11.1 Å². The van der Waals surface area contributed by atoms with E-state index in [1.54, 1.807) is 18.2 Å². The van der Waals surface area contributed by atoms with Gasteiger partial charge in [-0.05, 0) is 25.0 Å². The van der Waals surface area contributed by atoms with Gasteiger partial charge in [0.05, 0.1) is 24.0 Å². The molecule has 1 rings (SSSR count). The number of carbonyl (C=O) groups is 1. The fourth-order valence-corrected chi connectivity index (χ4v) is 1.68. The van der Waals surface area contributed by atoms with Gasteiger partial charge in [0.2, 0.25) is 0 Å². The van der Waals surface area contributed by atoms with Crippen molar-refractivity contribution >= 4 is 17.3 Å². The molecule has 5 nitrogen and oxygen atoms in total. The highest BCUT2D eigenvalue weighted by Gasteiger charge is 2.13. The summed E-state index contributed by atoms with van der Waals surface area (Å²) in [6.07, 6.45) is 1.88. The van der Waals surface area contributed by atoms with Crippen LogP contribution in [0.15, 0.2) is 18.2 Å². The molecule has 0 aliphatic carbocycles. The SMILES string of the molecule is CCCOCCCNc1c(N)cccc1C(=O)OC. The third-order valence-corrected chi connectivity index (χ3v) is 2.62. The molecule has 0 fully saturated rings. The standard InChI is InChI=1S/C14H22N2O3/c1-3-9-19-10-5-8-16-13-11(14(17)18-2)6-4-7-12(13)15/h4,6-7,16H,3,5,8-10,15H2,1-2H3. The fourth-order valence-electron chi connectivity index (χ4n) is 1.68. The summed E-state index contributed by atoms with van der Waals surface area (Å²) in [7, 11) is 1.36. The summed E-state index contributed by atoms with van der Waals surface area (Å²) in [6, 6.07) is 5.18. The van der Waals surface area contributed by atoms with Crippen LogP contribution in [0.1, 0.15) is 30.1 Å². The van der Waals surface area contributed by atoms with Crippen LogP contribution >= 0.6 is 0 Å². The van der Waals surface area contributed by atoms with E-state index in [0.29, 0.717) is 30.1 Å². The molecule has 0 unspecified atom stereocenters. The van der Waals surface area contributed by atoms with Crippen molar-refractivity contribution in [1.29, 1.82) is 0 Å². The number of carbonyl (C=O) groups excluding carboxylic acids is 1. The third-order valence-electron chi connectivity index (χ3n) is 2.62. The van der Waals surface area contributed by atoms with E-state index in [0.717, 1.165) is 19.4 Å². The minimum Gasteiger partial charge on any atom is -0.465 e. The molecule has 0 heterocycles. The Bertz CT molecular complexity index is 408. The van der Waals surface area contributed by atoms with E-state index in [9.17, 15) is 4.79 Å². The van der Waals surface area contributed by atoms with Crippen molar-refractivity contribution in [2.75, 3.05) is 37.9 Å². The lowest BCUT2D eigenvalue weighted by molar-refractivity contribution is 0.0602. The molecule has 0 atom stereocenters. The van der Waals surface area contributed by atoms with Crippen LogP contribution in [0.3, 0.4) is 0 Å². The van der Waals surface area contributed by atoms with Crippen molar-refractivity contribution in [2.45, 2.75) is 19.8 Å². The van der Waals surface area contributed by atoms with Crippen LogP contribution in [0.4, 0.5) is 11.4 Å². The largest absolute Gasteiger partial charge is 0.465 e. The van der Waals surface area contributed by atoms with Crippen molar-refractivity contribution in [3.63, 3.8) is 0 Å². The molecule has 0 amide bonds. The zero-order valence-electron chi connectivity index (χ0n) is 11.6. The molecule has 0 spiro atoms. The number of nitrogens with two attached hydrogens (primary N) is 1. The molecule has 106 valence electrons. The average molecular weight is 266 g/mol. The monoisotopic (exact) mass is 266 g/mol. The number of methoxy groups -OCH3 is 1. The predicted molar refractivity (Wildman–Crippen MR) is 76.4 cm³/mol. The summed E-state index contributed by atoms with van der Waals surface area (Å²) in [5.41, 5.74) is 7.50. The van der Waals surface area contributed by atoms with E-state index < -0.39 is 5.97 Å². The van der Waals surface area contributed by atoms with Gasteiger partial charge in [0.15, 0.2) is 0 Å². The van der Waals surface area contributed by atoms with Crippen LogP contribution in [0, 0.1) is 0 Å². The summed E-state index contributed by atoms with van der Waals surface area (Å²) in [5.74, 6) is -0.392. The predicted octanol–water partition coefficient (Wildman–Crippen LogP) is 2.28. The number of rotatable bonds is 8. The van der Waals surface area contributed by atoms with Gasteiger partial charge in [-0.25, -0.2) is 4.79 Å². The molecule has 0 saturated carbocycles. The van der Waals surface area contributed by atoms with Crippen molar-refractivity contribution in [2.24, 2.45) is 0 Å². The summed E-state index contributed by atoms with van der Waals surface area (Å²) in [4.78, 5) is 11.6. The highest BCUT2D eigenvalue weighted by Crippen LogP contribution is 2.24. The topological polar surface area (TPSA) is 73.6 Å². The molecule has 0 saturated heterocycles. The van der Waals surface area contributed by atoms with Gasteiger partial charge in [-0.15, -0.1) is 0 Å². The van der Waals surface area contributed by atoms with Crippen molar-refractivity contribution in [3.8, 4) is 0 Å². The molecule has 1 aromatic rings. The zero-order chi connectivity index (χ0) is 14.1. The number of hydrogen-bond acceptors (Lipinski definition) is 5. The number of hydrogen-bond donors (Lipinski definition) is 2. The molecule has 19 heavy (non-hydrogen) atoms. The van der Waals surface area contributed by atoms with E-state index in [-0.39, 0.29) is 0 Å². The van der Waals surface area contributed by atoms with E-state index >= 15 is 0 Å². The molecule has 1 aromatic carbocycles. The minimum absolute atomic E-state index is 0.392. The highest BCUT2D eigenvalue weighted by molar-refractivity contribution is 5.98. The molecular formula is C14H22N2O3. The van der Waals surface area contributed by atoms with Gasteiger partial charge >= 0.3 is 5.97 Å². The maximum atomic E-state index is 11.6. The zero-order valence-corrected chi connectivity index (χ0v) is 11.6. The van der Waals surface area contributed by atoms with E-state index in [4.69, 9.17) is 15.2 Å². The van der Waals surface area contributed by atoms with Crippen LogP contribution in [-0.4, -0.2) is 32.8 Å². The first-order chi connectivity index (χ1) is 9.20. The van der Waals surface area contributed by atoms with Gasteiger partial charge in [-0.2, -0.15) is 0 Å². The van der Waals surface area contributed by atoms with Crippen LogP contribution in [-0.2, 0) is 9.47 Å². The summed E-state index contributed by atoms with van der Waals surface area (Å²) < 4.78 is 10.1. The quantitative estimate of drug-likeness (QED) is 0.429. The Kier molecular flexibility index (Phi) is 6.74. The second-order valence-corrected chi connectivity index (χ2v) is 4.15. The molecule has 0 bridgehead atoms. The summed E-state index contributed by atoms with van der Waals surface area (Å²) in [5, 5.41) is 3.17. The molecule has 0 radical (unpaired) electrons. The van der Waals surface area contributed by atoms with Crippen molar-refractivity contribution in [1.82, 2.24) is 0 Å². The molecule has 3 N–H and O–H groups in total. The Morgan fingerprint density at radius 1 is 1.37 bits per heavy atom. The minimum atomic E-state index is -0.392. The number of esters is 1. The second kappa shape index (κ2) is 8.37. The first kappa shape index (κ1) is 15.3. The van der Waals surface area contributed by atoms with Gasteiger partial charge in [0.1, 0.15) is 0 Å². The Morgan fingerprint density at radius 3 is 2.84 bits per heavy atom. The van der Waals surface area contributed by atoms with Gasteiger partial charge < -0.3 is 20.5 Å². The average Bonchev–Trinajstić information content (AvgIpc) is 2.43. The van der Waals surface area contributed by atoms with E-state index in [1.165, 1.54) is 7.11 Å². The Hall–Kier alpha value is -1.75. The lowest BCUT2D eigenvalue weighted by atomic mass is 10.1. The first-order valence-electron chi connectivity index (χ1n) is 6.49. The van der Waals surface area contributed by atoms with Gasteiger partial charge in [0.25, 0.3) is 0 Å². The van der Waals surface area contributed by atoms with Gasteiger partial charge in [-0.3, -0.25) is 0 Å². The first-order valence-corrected chi connectivity index (χ1v) is 6.49. The Morgan fingerprint density at radius 2 is 2.16 bits per heavy atom. The molecule has 0 aliphatic heterocycles. The Labute approximate surface area is 114 Å². The number of ether oxygens (including phenoxy) is 2. The lowest BCUT2D eigenvalue weighted by Gasteiger charge is -2.13. The maximum Gasteiger partial charge on any atom is 0.340 e. The lowest BCUT2D eigenvalue weighted by Crippen LogP contribution is -2.12. The number of anilines is 2. The molecule has 0 aromatic heterocycles. The fraction of sp³-hybridized carbons (Fsp3) is 0.500. The number of nitrogens with one attached hydrogen (secondary N) is 1. The molecule has 5 heteroatoms. The third kappa shape index (κ3) is 4.79. The number of benzene rings is 1. The number of para-hydroxylation sites is 1. The van der Waals surface area contributed by atoms with Crippen LogP contribution in [0.25, 0.3) is 0 Å². The summed E-state index contributed by atoms with van der Waals surface area (Å²) >= 11 is 0. The van der Waals surface area contributed by atoms with Crippen LogP contribution in [0.2, 0.25) is 0 Å². The number of nitrogen functional groups attached to an aromatic ring is 1. The van der Waals surface area contributed by atoms with E-state index in [1.807, 2.05) is 0 Å². The van der Waals surface area contributed by atoms with Gasteiger partial charge in [0, 0.05) is 19.8 Å². The molecular weight excluding hydrogens is 244 g/mol.